The number of amides is 2. The van der Waals surface area contributed by atoms with E-state index in [1.54, 1.807) is 79.9 Å². The van der Waals surface area contributed by atoms with Gasteiger partial charge in [-0.15, -0.1) is 0 Å². The maximum absolute atomic E-state index is 12.4. The summed E-state index contributed by atoms with van der Waals surface area (Å²) in [7, 11) is 1.57. The molecular weight excluding hydrogens is 460 g/mol. The maximum atomic E-state index is 12.4. The average Bonchev–Trinajstić information content (AvgIpc) is 2.83. The predicted octanol–water partition coefficient (Wildman–Crippen LogP) is 4.55. The van der Waals surface area contributed by atoms with Crippen LogP contribution in [-0.2, 0) is 14.3 Å². The van der Waals surface area contributed by atoms with Gasteiger partial charge in [-0.2, -0.15) is 0 Å². The Hall–Kier alpha value is -4.04. The largest absolute Gasteiger partial charge is 0.497 e. The van der Waals surface area contributed by atoms with Crippen molar-refractivity contribution in [2.45, 2.75) is 13.0 Å². The second-order valence-corrected chi connectivity index (χ2v) is 7.57. The number of carbonyl (C=O) groups excluding carboxylic acids is 3. The normalized spacial score (nSPS) is 11.1. The van der Waals surface area contributed by atoms with Crippen LogP contribution in [0.2, 0.25) is 5.02 Å². The van der Waals surface area contributed by atoms with Crippen LogP contribution in [0.5, 0.6) is 11.5 Å². The van der Waals surface area contributed by atoms with Crippen molar-refractivity contribution in [2.75, 3.05) is 24.4 Å². The minimum Gasteiger partial charge on any atom is -0.497 e. The number of carbonyl (C=O) groups is 3. The highest BCUT2D eigenvalue weighted by atomic mass is 35.5. The first kappa shape index (κ1) is 24.6. The van der Waals surface area contributed by atoms with E-state index in [4.69, 9.17) is 25.8 Å². The zero-order valence-corrected chi connectivity index (χ0v) is 19.3. The molecule has 0 aliphatic heterocycles. The summed E-state index contributed by atoms with van der Waals surface area (Å²) in [5.74, 6) is -0.422. The molecule has 2 N–H and O–H groups in total. The number of anilines is 2. The second kappa shape index (κ2) is 11.7. The van der Waals surface area contributed by atoms with E-state index in [2.05, 4.69) is 10.6 Å². The fraction of sp³-hybridized carbons (Fsp3) is 0.160. The van der Waals surface area contributed by atoms with Crippen molar-refractivity contribution >= 4 is 40.8 Å². The van der Waals surface area contributed by atoms with Gasteiger partial charge in [0, 0.05) is 22.0 Å². The summed E-state index contributed by atoms with van der Waals surface area (Å²) in [5, 5.41) is 5.85. The summed E-state index contributed by atoms with van der Waals surface area (Å²) in [6.07, 6.45) is -0.922. The van der Waals surface area contributed by atoms with E-state index in [1.807, 2.05) is 0 Å². The summed E-state index contributed by atoms with van der Waals surface area (Å²) in [5.41, 5.74) is 1.48. The van der Waals surface area contributed by atoms with E-state index < -0.39 is 24.6 Å². The van der Waals surface area contributed by atoms with E-state index >= 15 is 0 Å². The smallest absolute Gasteiger partial charge is 0.347 e. The third-order valence-electron chi connectivity index (χ3n) is 4.57. The molecule has 0 spiro atoms. The molecule has 0 aliphatic carbocycles. The molecule has 9 heteroatoms. The van der Waals surface area contributed by atoms with Crippen LogP contribution in [-0.4, -0.2) is 37.6 Å². The van der Waals surface area contributed by atoms with Crippen molar-refractivity contribution in [3.05, 3.63) is 83.4 Å². The third kappa shape index (κ3) is 7.25. The van der Waals surface area contributed by atoms with Gasteiger partial charge in [0.05, 0.1) is 7.11 Å². The van der Waals surface area contributed by atoms with Gasteiger partial charge in [-0.3, -0.25) is 9.59 Å². The number of halogens is 1. The number of hydrogen-bond acceptors (Lipinski definition) is 6. The van der Waals surface area contributed by atoms with Gasteiger partial charge < -0.3 is 24.8 Å². The fourth-order valence-corrected chi connectivity index (χ4v) is 3.01. The van der Waals surface area contributed by atoms with Crippen molar-refractivity contribution in [3.63, 3.8) is 0 Å². The number of methoxy groups -OCH3 is 1. The van der Waals surface area contributed by atoms with Gasteiger partial charge >= 0.3 is 5.97 Å². The van der Waals surface area contributed by atoms with Crippen LogP contribution in [0.25, 0.3) is 0 Å². The summed E-state index contributed by atoms with van der Waals surface area (Å²) in [6, 6.07) is 19.8. The lowest BCUT2D eigenvalue weighted by Crippen LogP contribution is -2.29. The first-order chi connectivity index (χ1) is 16.3. The van der Waals surface area contributed by atoms with E-state index in [0.29, 0.717) is 33.5 Å². The van der Waals surface area contributed by atoms with E-state index in [1.165, 1.54) is 6.92 Å². The summed E-state index contributed by atoms with van der Waals surface area (Å²) in [4.78, 5) is 36.6. The number of rotatable bonds is 9. The summed E-state index contributed by atoms with van der Waals surface area (Å²) >= 11 is 5.89. The highest BCUT2D eigenvalue weighted by Gasteiger charge is 2.18. The van der Waals surface area contributed by atoms with Gasteiger partial charge in [0.1, 0.15) is 11.5 Å². The van der Waals surface area contributed by atoms with Crippen molar-refractivity contribution in [3.8, 4) is 11.5 Å². The number of hydrogen-bond donors (Lipinski definition) is 2. The molecular formula is C25H23ClN2O6. The number of esters is 1. The molecule has 0 saturated carbocycles. The van der Waals surface area contributed by atoms with Crippen molar-refractivity contribution in [2.24, 2.45) is 0 Å². The Morgan fingerprint density at radius 1 is 0.882 bits per heavy atom. The van der Waals surface area contributed by atoms with Crippen molar-refractivity contribution in [1.29, 1.82) is 0 Å². The lowest BCUT2D eigenvalue weighted by atomic mass is 10.2. The van der Waals surface area contributed by atoms with Crippen LogP contribution >= 0.6 is 11.6 Å². The lowest BCUT2D eigenvalue weighted by molar-refractivity contribution is -0.153. The summed E-state index contributed by atoms with van der Waals surface area (Å²) in [6.45, 7) is 1.03. The fourth-order valence-electron chi connectivity index (χ4n) is 2.83. The Bertz CT molecular complexity index is 1150. The number of nitrogens with one attached hydrogen (secondary N) is 2. The molecule has 3 aromatic carbocycles. The molecule has 8 nitrogen and oxygen atoms in total. The van der Waals surface area contributed by atoms with E-state index in [9.17, 15) is 14.4 Å². The van der Waals surface area contributed by atoms with Gasteiger partial charge in [0.25, 0.3) is 11.8 Å². The molecule has 1 unspecified atom stereocenters. The topological polar surface area (TPSA) is 103 Å². The van der Waals surface area contributed by atoms with Crippen LogP contribution in [0.15, 0.2) is 72.8 Å². The Morgan fingerprint density at radius 3 is 2.18 bits per heavy atom. The van der Waals surface area contributed by atoms with Crippen molar-refractivity contribution in [1.82, 2.24) is 0 Å². The number of ether oxygens (including phenoxy) is 3. The molecule has 3 rings (SSSR count). The molecule has 0 heterocycles. The first-order valence-corrected chi connectivity index (χ1v) is 10.7. The van der Waals surface area contributed by atoms with Gasteiger partial charge in [-0.1, -0.05) is 17.7 Å². The lowest BCUT2D eigenvalue weighted by Gasteiger charge is -2.14. The van der Waals surface area contributed by atoms with Gasteiger partial charge in [0.15, 0.2) is 12.7 Å². The maximum Gasteiger partial charge on any atom is 0.347 e. The molecule has 1 atom stereocenters. The molecule has 3 aromatic rings. The summed E-state index contributed by atoms with van der Waals surface area (Å²) < 4.78 is 15.6. The molecule has 0 fully saturated rings. The van der Waals surface area contributed by atoms with Crippen LogP contribution < -0.4 is 20.1 Å². The van der Waals surface area contributed by atoms with Gasteiger partial charge in [0.2, 0.25) is 0 Å². The zero-order chi connectivity index (χ0) is 24.5. The Balaban J connectivity index is 1.45. The predicted molar refractivity (Wildman–Crippen MR) is 129 cm³/mol. The van der Waals surface area contributed by atoms with E-state index in [-0.39, 0.29) is 5.91 Å². The molecule has 0 aromatic heterocycles. The van der Waals surface area contributed by atoms with Crippen molar-refractivity contribution < 1.29 is 28.6 Å². The molecule has 176 valence electrons. The van der Waals surface area contributed by atoms with Crippen LogP contribution in [0.4, 0.5) is 11.4 Å². The second-order valence-electron chi connectivity index (χ2n) is 7.13. The molecule has 0 radical (unpaired) electrons. The first-order valence-electron chi connectivity index (χ1n) is 10.3. The number of benzene rings is 3. The Labute approximate surface area is 201 Å². The third-order valence-corrected chi connectivity index (χ3v) is 4.80. The standard InChI is InChI=1S/C25H23ClN2O6/c1-16(34-22-5-3-4-18(26)14-22)25(31)33-15-23(29)27-19-8-6-17(7-9-19)24(30)28-20-10-12-21(32-2)13-11-20/h3-14,16H,15H2,1-2H3,(H,27,29)(H,28,30). The highest BCUT2D eigenvalue weighted by molar-refractivity contribution is 6.30. The Morgan fingerprint density at radius 2 is 1.53 bits per heavy atom. The molecule has 2 amide bonds. The van der Waals surface area contributed by atoms with Gasteiger partial charge in [-0.05, 0) is 73.7 Å². The average molecular weight is 483 g/mol. The molecule has 34 heavy (non-hydrogen) atoms. The van der Waals surface area contributed by atoms with Crippen LogP contribution in [0.1, 0.15) is 17.3 Å². The highest BCUT2D eigenvalue weighted by Crippen LogP contribution is 2.19. The van der Waals surface area contributed by atoms with Gasteiger partial charge in [-0.25, -0.2) is 4.79 Å². The molecule has 0 saturated heterocycles. The van der Waals surface area contributed by atoms with Crippen LogP contribution in [0.3, 0.4) is 0 Å². The Kier molecular flexibility index (Phi) is 8.48. The monoisotopic (exact) mass is 482 g/mol. The molecule has 0 bridgehead atoms. The minimum atomic E-state index is -0.922. The minimum absolute atomic E-state index is 0.300. The van der Waals surface area contributed by atoms with Crippen LogP contribution in [0, 0.1) is 0 Å². The molecule has 0 aliphatic rings. The SMILES string of the molecule is COc1ccc(NC(=O)c2ccc(NC(=O)COC(=O)C(C)Oc3cccc(Cl)c3)cc2)cc1. The quantitative estimate of drug-likeness (QED) is 0.434. The van der Waals surface area contributed by atoms with E-state index in [0.717, 1.165) is 0 Å². The zero-order valence-electron chi connectivity index (χ0n) is 18.5.